The van der Waals surface area contributed by atoms with Crippen LogP contribution in [0.25, 0.3) is 229 Å². The fourth-order valence-corrected chi connectivity index (χ4v) is 18.1. The molecule has 0 atom stereocenters. The van der Waals surface area contributed by atoms with Crippen LogP contribution in [0, 0.1) is 11.3 Å². The number of aromatic nitrogens is 3. The van der Waals surface area contributed by atoms with Crippen molar-refractivity contribution in [2.24, 2.45) is 0 Å². The Kier molecular flexibility index (Phi) is 15.0. The Morgan fingerprint density at radius 2 is 0.438 bits per heavy atom. The minimum absolute atomic E-state index is 0.640. The summed E-state index contributed by atoms with van der Waals surface area (Å²) in [6.45, 7) is 0. The monoisotopic (exact) mass is 1420 g/mol. The molecule has 0 aliphatic rings. The van der Waals surface area contributed by atoms with E-state index in [-0.39, 0.29) is 0 Å². The van der Waals surface area contributed by atoms with Gasteiger partial charge in [-0.1, -0.05) is 315 Å². The van der Waals surface area contributed by atoms with E-state index in [2.05, 4.69) is 382 Å². The highest BCUT2D eigenvalue weighted by Gasteiger charge is 2.24. The fourth-order valence-electron chi connectivity index (χ4n) is 18.1. The van der Waals surface area contributed by atoms with Gasteiger partial charge in [0, 0.05) is 49.0 Å². The number of hydrogen-bond acceptors (Lipinski definition) is 4. The van der Waals surface area contributed by atoms with Crippen molar-refractivity contribution in [2.45, 2.75) is 0 Å². The second kappa shape index (κ2) is 26.1. The summed E-state index contributed by atoms with van der Waals surface area (Å²) in [6.07, 6.45) is 0. The molecular formula is C108H64N4. The molecule has 0 radical (unpaired) electrons. The van der Waals surface area contributed by atoms with Crippen LogP contribution in [-0.2, 0) is 0 Å². The Bertz CT molecular complexity index is 7890. The molecule has 20 aromatic carbocycles. The van der Waals surface area contributed by atoms with Gasteiger partial charge in [0.1, 0.15) is 0 Å². The van der Waals surface area contributed by atoms with Crippen molar-refractivity contribution in [3.8, 4) is 84.2 Å². The highest BCUT2D eigenvalue weighted by molar-refractivity contribution is 6.25. The van der Waals surface area contributed by atoms with Crippen LogP contribution in [-0.4, -0.2) is 15.0 Å². The van der Waals surface area contributed by atoms with Gasteiger partial charge in [-0.2, -0.15) is 5.26 Å². The molecule has 4 heteroatoms. The smallest absolute Gasteiger partial charge is 0.0991 e. The van der Waals surface area contributed by atoms with E-state index in [1.165, 1.54) is 125 Å². The van der Waals surface area contributed by atoms with Crippen LogP contribution in [0.3, 0.4) is 0 Å². The van der Waals surface area contributed by atoms with Crippen LogP contribution >= 0.6 is 0 Å². The number of hydrogen-bond donors (Lipinski definition) is 0. The summed E-state index contributed by atoms with van der Waals surface area (Å²) in [7, 11) is 0. The topological polar surface area (TPSA) is 62.5 Å². The minimum Gasteiger partial charge on any atom is -0.248 e. The number of fused-ring (bicyclic) bond motifs is 20. The molecule has 3 heterocycles. The summed E-state index contributed by atoms with van der Waals surface area (Å²) >= 11 is 0. The van der Waals surface area contributed by atoms with Gasteiger partial charge in [0.05, 0.1) is 45.1 Å². The number of para-hydroxylation sites is 2. The first-order valence-corrected chi connectivity index (χ1v) is 38.3. The Balaban J connectivity index is 0.000000141. The maximum atomic E-state index is 9.63. The molecule has 0 fully saturated rings. The molecule has 0 aliphatic heterocycles. The molecule has 0 amide bonds. The molecule has 23 rings (SSSR count). The lowest BCUT2D eigenvalue weighted by molar-refractivity contribution is 1.42. The lowest BCUT2D eigenvalue weighted by Gasteiger charge is -2.18. The van der Waals surface area contributed by atoms with E-state index in [1.807, 2.05) is 12.1 Å². The zero-order chi connectivity index (χ0) is 73.9. The number of pyridine rings is 3. The molecule has 0 aliphatic carbocycles. The highest BCUT2D eigenvalue weighted by atomic mass is 14.7. The van der Waals surface area contributed by atoms with E-state index in [0.717, 1.165) is 105 Å². The van der Waals surface area contributed by atoms with Crippen molar-refractivity contribution < 1.29 is 0 Å². The van der Waals surface area contributed by atoms with E-state index >= 15 is 0 Å². The number of benzene rings is 20. The maximum Gasteiger partial charge on any atom is 0.0991 e. The third-order valence-corrected chi connectivity index (χ3v) is 23.2. The normalized spacial score (nSPS) is 11.7. The molecule has 4 nitrogen and oxygen atoms in total. The van der Waals surface area contributed by atoms with E-state index < -0.39 is 0 Å². The van der Waals surface area contributed by atoms with Gasteiger partial charge in [0.25, 0.3) is 0 Å². The molecular weight excluding hydrogens is 1350 g/mol. The van der Waals surface area contributed by atoms with Crippen molar-refractivity contribution in [2.75, 3.05) is 0 Å². The van der Waals surface area contributed by atoms with Crippen LogP contribution in [0.5, 0.6) is 0 Å². The second-order valence-electron chi connectivity index (χ2n) is 29.4. The van der Waals surface area contributed by atoms with Crippen molar-refractivity contribution in [1.82, 2.24) is 15.0 Å². The first-order chi connectivity index (χ1) is 55.5. The lowest BCUT2D eigenvalue weighted by atomic mass is 9.87. The summed E-state index contributed by atoms with van der Waals surface area (Å²) in [6, 6.07) is 142. The third kappa shape index (κ3) is 10.5. The molecule has 23 aromatic rings. The predicted octanol–water partition coefficient (Wildman–Crippen LogP) is 29.2. The quantitative estimate of drug-likeness (QED) is 0.118. The molecule has 516 valence electrons. The summed E-state index contributed by atoms with van der Waals surface area (Å²) in [5, 5.41) is 38.4. The molecule has 0 bridgehead atoms. The Morgan fingerprint density at radius 3 is 0.795 bits per heavy atom. The van der Waals surface area contributed by atoms with Crippen molar-refractivity contribution in [1.29, 1.82) is 5.26 Å². The van der Waals surface area contributed by atoms with Crippen LogP contribution in [0.4, 0.5) is 0 Å². The summed E-state index contributed by atoms with van der Waals surface area (Å²) in [5.74, 6) is 0. The number of nitriles is 1. The molecule has 0 saturated carbocycles. The summed E-state index contributed by atoms with van der Waals surface area (Å²) < 4.78 is 0. The Hall–Kier alpha value is -15.0. The molecule has 3 aromatic heterocycles. The average Bonchev–Trinajstić information content (AvgIpc) is 0.726. The molecule has 0 saturated heterocycles. The van der Waals surface area contributed by atoms with Gasteiger partial charge in [0.2, 0.25) is 0 Å². The van der Waals surface area contributed by atoms with Gasteiger partial charge in [-0.05, 0) is 220 Å². The predicted molar refractivity (Wildman–Crippen MR) is 474 cm³/mol. The maximum absolute atomic E-state index is 9.63. The standard InChI is InChI=1S/C60H36N2.C48H28N2/c1-3-17-41-39(15-1)33-52(45-21-7-5-19-43(41)45)53-35-55-51(37-29-31-38(32-30-37)59-49-25-11-13-27-56(49)61-57-28-14-12-26-50(57)59)36-58(62-60(55)48-24-10-9-23-47(48)53)54-34-40-16-2-4-18-42(40)44-20-6-8-22-46(44)54;49-29-30-21-23-31(24-22-30)42-28-47(45-26-33-12-2-4-14-35(33)37-16-6-8-18-39(37)45)50-48-41-20-10-9-19-40(41)44(27-46(42)48)43-25-32-11-1-3-13-34(32)36-15-5-7-17-38(36)43/h1-36H;1-28H. The molecule has 0 N–H and O–H groups in total. The highest BCUT2D eigenvalue weighted by Crippen LogP contribution is 2.49. The van der Waals surface area contributed by atoms with Crippen molar-refractivity contribution in [3.63, 3.8) is 0 Å². The first kappa shape index (κ1) is 64.2. The zero-order valence-corrected chi connectivity index (χ0v) is 60.7. The van der Waals surface area contributed by atoms with E-state index in [9.17, 15) is 5.26 Å². The third-order valence-electron chi connectivity index (χ3n) is 23.2. The van der Waals surface area contributed by atoms with Gasteiger partial charge in [0.15, 0.2) is 0 Å². The molecule has 112 heavy (non-hydrogen) atoms. The largest absolute Gasteiger partial charge is 0.248 e. The molecule has 0 spiro atoms. The van der Waals surface area contributed by atoms with Gasteiger partial charge >= 0.3 is 0 Å². The van der Waals surface area contributed by atoms with E-state index in [4.69, 9.17) is 15.0 Å². The average molecular weight is 1420 g/mol. The number of rotatable bonds is 7. The summed E-state index contributed by atoms with van der Waals surface area (Å²) in [5.41, 5.74) is 20.3. The van der Waals surface area contributed by atoms with Gasteiger partial charge in [-0.25, -0.2) is 15.0 Å². The van der Waals surface area contributed by atoms with Crippen molar-refractivity contribution in [3.05, 3.63) is 394 Å². The minimum atomic E-state index is 0.640. The summed E-state index contributed by atoms with van der Waals surface area (Å²) in [4.78, 5) is 16.3. The van der Waals surface area contributed by atoms with Gasteiger partial charge < -0.3 is 0 Å². The SMILES string of the molecule is N#Cc1ccc(-c2cc(-c3cc4ccccc4c4ccccc34)nc3c2cc(-c2cc4ccccc4c4ccccc24)c2ccccc23)cc1.c1ccc2c(c1)cc(-c1cc(-c3ccc(-c4c5ccccc5nc5ccccc45)cc3)c3cc(-c4cc5ccccc5c5ccccc45)c4ccccc4c3n1)c1ccccc12. The first-order valence-electron chi connectivity index (χ1n) is 38.3. The Labute approximate surface area is 645 Å². The van der Waals surface area contributed by atoms with Crippen LogP contribution < -0.4 is 0 Å². The van der Waals surface area contributed by atoms with E-state index in [0.29, 0.717) is 5.56 Å². The zero-order valence-electron chi connectivity index (χ0n) is 60.7. The molecule has 0 unspecified atom stereocenters. The number of nitrogens with zero attached hydrogens (tertiary/aromatic N) is 4. The second-order valence-corrected chi connectivity index (χ2v) is 29.4. The van der Waals surface area contributed by atoms with Crippen LogP contribution in [0.15, 0.2) is 388 Å². The van der Waals surface area contributed by atoms with Gasteiger partial charge in [-0.15, -0.1) is 0 Å². The van der Waals surface area contributed by atoms with Crippen LogP contribution in [0.1, 0.15) is 5.56 Å². The van der Waals surface area contributed by atoms with E-state index in [1.54, 1.807) is 0 Å². The Morgan fingerprint density at radius 1 is 0.179 bits per heavy atom. The van der Waals surface area contributed by atoms with Crippen molar-refractivity contribution >= 4 is 151 Å². The van der Waals surface area contributed by atoms with Gasteiger partial charge in [-0.3, -0.25) is 0 Å². The van der Waals surface area contributed by atoms with Crippen LogP contribution in [0.2, 0.25) is 0 Å². The fraction of sp³-hybridized carbons (Fsp3) is 0. The lowest BCUT2D eigenvalue weighted by Crippen LogP contribution is -1.95.